The van der Waals surface area contributed by atoms with Crippen molar-refractivity contribution in [1.29, 1.82) is 0 Å². The van der Waals surface area contributed by atoms with Gasteiger partial charge in [-0.2, -0.15) is 4.31 Å². The Hall–Kier alpha value is -2.00. The van der Waals surface area contributed by atoms with Gasteiger partial charge >= 0.3 is 5.97 Å². The summed E-state index contributed by atoms with van der Waals surface area (Å²) in [5, 5.41) is 19.8. The highest BCUT2D eigenvalue weighted by atomic mass is 32.2. The Balaban J connectivity index is 2.33. The number of nitro groups is 1. The van der Waals surface area contributed by atoms with Gasteiger partial charge in [0.1, 0.15) is 0 Å². The molecule has 0 aromatic heterocycles. The van der Waals surface area contributed by atoms with Crippen LogP contribution in [0.3, 0.4) is 0 Å². The summed E-state index contributed by atoms with van der Waals surface area (Å²) < 4.78 is 26.4. The van der Waals surface area contributed by atoms with Crippen LogP contribution in [-0.4, -0.2) is 41.3 Å². The second kappa shape index (κ2) is 6.01. The van der Waals surface area contributed by atoms with Crippen molar-refractivity contribution in [1.82, 2.24) is 4.31 Å². The number of sulfonamides is 1. The molecule has 1 N–H and O–H groups in total. The number of carbonyl (C=O) groups is 1. The molecule has 2 atom stereocenters. The van der Waals surface area contributed by atoms with Crippen LogP contribution >= 0.6 is 0 Å². The van der Waals surface area contributed by atoms with Crippen LogP contribution in [0, 0.1) is 16.0 Å². The lowest BCUT2D eigenvalue weighted by Crippen LogP contribution is -2.48. The van der Waals surface area contributed by atoms with Crippen molar-refractivity contribution in [3.63, 3.8) is 0 Å². The number of nitrogens with zero attached hydrogens (tertiary/aromatic N) is 2. The van der Waals surface area contributed by atoms with E-state index in [2.05, 4.69) is 0 Å². The first-order valence-corrected chi connectivity index (χ1v) is 8.18. The van der Waals surface area contributed by atoms with E-state index in [0.717, 1.165) is 16.4 Å². The van der Waals surface area contributed by atoms with Gasteiger partial charge in [-0.05, 0) is 31.9 Å². The van der Waals surface area contributed by atoms with Crippen LogP contribution in [-0.2, 0) is 14.8 Å². The Morgan fingerprint density at radius 3 is 2.45 bits per heavy atom. The van der Waals surface area contributed by atoms with E-state index in [1.165, 1.54) is 12.1 Å². The lowest BCUT2D eigenvalue weighted by atomic mass is 9.92. The number of carboxylic acids is 1. The maximum absolute atomic E-state index is 12.6. The molecule has 0 radical (unpaired) electrons. The largest absolute Gasteiger partial charge is 0.481 e. The van der Waals surface area contributed by atoms with Gasteiger partial charge in [0.25, 0.3) is 5.69 Å². The Bertz CT molecular complexity index is 685. The lowest BCUT2D eigenvalue weighted by molar-refractivity contribution is -0.384. The van der Waals surface area contributed by atoms with Gasteiger partial charge in [0, 0.05) is 24.7 Å². The van der Waals surface area contributed by atoms with Gasteiger partial charge in [-0.1, -0.05) is 0 Å². The Kier molecular flexibility index (Phi) is 4.47. The first-order valence-electron chi connectivity index (χ1n) is 6.74. The number of hydrogen-bond acceptors (Lipinski definition) is 5. The standard InChI is InChI=1S/C13H16N2O6S/c1-9-12(13(16)17)3-2-8-14(9)22(20,21)11-6-4-10(5-7-11)15(18)19/h4-7,9,12H,2-3,8H2,1H3,(H,16,17)/t9-,12-/m1/s1. The third-order valence-corrected chi connectivity index (χ3v) is 5.90. The molecule has 0 unspecified atom stereocenters. The van der Waals surface area contributed by atoms with Gasteiger partial charge < -0.3 is 5.11 Å². The molecule has 120 valence electrons. The van der Waals surface area contributed by atoms with Crippen LogP contribution in [0.4, 0.5) is 5.69 Å². The average molecular weight is 328 g/mol. The second-order valence-corrected chi connectivity index (χ2v) is 7.08. The molecule has 8 nitrogen and oxygen atoms in total. The summed E-state index contributed by atoms with van der Waals surface area (Å²) in [6.45, 7) is 1.81. The van der Waals surface area contributed by atoms with Gasteiger partial charge in [-0.3, -0.25) is 14.9 Å². The van der Waals surface area contributed by atoms with E-state index in [4.69, 9.17) is 5.11 Å². The van der Waals surface area contributed by atoms with E-state index >= 15 is 0 Å². The number of carboxylic acid groups (broad SMARTS) is 1. The molecule has 2 rings (SSSR count). The average Bonchev–Trinajstić information content (AvgIpc) is 2.47. The zero-order valence-corrected chi connectivity index (χ0v) is 12.7. The first kappa shape index (κ1) is 16.4. The van der Waals surface area contributed by atoms with Crippen LogP contribution < -0.4 is 0 Å². The van der Waals surface area contributed by atoms with Crippen LogP contribution in [0.2, 0.25) is 0 Å². The molecule has 1 fully saturated rings. The second-order valence-electron chi connectivity index (χ2n) is 5.19. The van der Waals surface area contributed by atoms with Crippen LogP contribution in [0.5, 0.6) is 0 Å². The Morgan fingerprint density at radius 2 is 1.95 bits per heavy atom. The molecule has 0 bridgehead atoms. The number of piperidine rings is 1. The molecule has 22 heavy (non-hydrogen) atoms. The molecule has 1 saturated heterocycles. The van der Waals surface area contributed by atoms with Crippen molar-refractivity contribution in [2.45, 2.75) is 30.7 Å². The normalized spacial score (nSPS) is 23.1. The molecular formula is C13H16N2O6S. The minimum atomic E-state index is -3.87. The molecule has 1 aliphatic rings. The molecule has 1 aliphatic heterocycles. The fraction of sp³-hybridized carbons (Fsp3) is 0.462. The van der Waals surface area contributed by atoms with E-state index < -0.39 is 32.9 Å². The van der Waals surface area contributed by atoms with Crippen molar-refractivity contribution in [3.8, 4) is 0 Å². The molecule has 0 spiro atoms. The highest BCUT2D eigenvalue weighted by Crippen LogP contribution is 2.29. The minimum absolute atomic E-state index is 0.0732. The van der Waals surface area contributed by atoms with Gasteiger partial charge in [0.15, 0.2) is 0 Å². The maximum atomic E-state index is 12.6. The zero-order chi connectivity index (χ0) is 16.5. The molecule has 0 saturated carbocycles. The van der Waals surface area contributed by atoms with Crippen molar-refractivity contribution < 1.29 is 23.2 Å². The molecule has 9 heteroatoms. The van der Waals surface area contributed by atoms with E-state index in [0.29, 0.717) is 12.8 Å². The van der Waals surface area contributed by atoms with E-state index in [-0.39, 0.29) is 17.1 Å². The van der Waals surface area contributed by atoms with Crippen molar-refractivity contribution in [2.24, 2.45) is 5.92 Å². The van der Waals surface area contributed by atoms with E-state index in [1.54, 1.807) is 6.92 Å². The smallest absolute Gasteiger partial charge is 0.308 e. The number of non-ortho nitro benzene ring substituents is 1. The number of nitro benzene ring substituents is 1. The molecule has 1 aromatic carbocycles. The van der Waals surface area contributed by atoms with Crippen molar-refractivity contribution in [3.05, 3.63) is 34.4 Å². The maximum Gasteiger partial charge on any atom is 0.308 e. The summed E-state index contributed by atoms with van der Waals surface area (Å²) in [6.07, 6.45) is 0.899. The summed E-state index contributed by atoms with van der Waals surface area (Å²) >= 11 is 0. The summed E-state index contributed by atoms with van der Waals surface area (Å²) in [5.74, 6) is -1.77. The predicted octanol–water partition coefficient (Wildman–Crippen LogP) is 1.47. The Labute approximate surface area is 127 Å². The summed E-state index contributed by atoms with van der Waals surface area (Å²) in [6, 6.07) is 3.92. The van der Waals surface area contributed by atoms with Gasteiger partial charge in [0.2, 0.25) is 10.0 Å². The Morgan fingerprint density at radius 1 is 1.36 bits per heavy atom. The van der Waals surface area contributed by atoms with E-state index in [1.807, 2.05) is 0 Å². The SMILES string of the molecule is C[C@@H]1[C@H](C(=O)O)CCCN1S(=O)(=O)c1ccc([N+](=O)[O-])cc1. The van der Waals surface area contributed by atoms with Gasteiger partial charge in [-0.25, -0.2) is 8.42 Å². The number of rotatable bonds is 4. The molecule has 1 aromatic rings. The monoisotopic (exact) mass is 328 g/mol. The van der Waals surface area contributed by atoms with Crippen molar-refractivity contribution >= 4 is 21.7 Å². The molecular weight excluding hydrogens is 312 g/mol. The number of hydrogen-bond donors (Lipinski definition) is 1. The minimum Gasteiger partial charge on any atom is -0.481 e. The highest BCUT2D eigenvalue weighted by Gasteiger charge is 2.39. The fourth-order valence-electron chi connectivity index (χ4n) is 2.66. The molecule has 1 heterocycles. The van der Waals surface area contributed by atoms with Gasteiger partial charge in [-0.15, -0.1) is 0 Å². The number of benzene rings is 1. The van der Waals surface area contributed by atoms with Crippen LogP contribution in [0.15, 0.2) is 29.2 Å². The lowest BCUT2D eigenvalue weighted by Gasteiger charge is -2.36. The quantitative estimate of drug-likeness (QED) is 0.660. The zero-order valence-electron chi connectivity index (χ0n) is 11.9. The first-order chi connectivity index (χ1) is 10.2. The van der Waals surface area contributed by atoms with Crippen LogP contribution in [0.1, 0.15) is 19.8 Å². The topological polar surface area (TPSA) is 118 Å². The summed E-state index contributed by atoms with van der Waals surface area (Å²) in [4.78, 5) is 21.1. The van der Waals surface area contributed by atoms with E-state index in [9.17, 15) is 23.3 Å². The highest BCUT2D eigenvalue weighted by molar-refractivity contribution is 7.89. The fourth-order valence-corrected chi connectivity index (χ4v) is 4.36. The van der Waals surface area contributed by atoms with Crippen LogP contribution in [0.25, 0.3) is 0 Å². The van der Waals surface area contributed by atoms with Gasteiger partial charge in [0.05, 0.1) is 15.7 Å². The summed E-state index contributed by atoms with van der Waals surface area (Å²) in [7, 11) is -3.87. The van der Waals surface area contributed by atoms with Crippen molar-refractivity contribution in [2.75, 3.05) is 6.54 Å². The number of aliphatic carboxylic acids is 1. The third-order valence-electron chi connectivity index (χ3n) is 3.90. The predicted molar refractivity (Wildman–Crippen MR) is 76.8 cm³/mol. The summed E-state index contributed by atoms with van der Waals surface area (Å²) in [5.41, 5.74) is -0.200. The third kappa shape index (κ3) is 2.95. The molecule has 0 amide bonds. The molecule has 0 aliphatic carbocycles.